The fourth-order valence-electron chi connectivity index (χ4n) is 2.28. The van der Waals surface area contributed by atoms with Crippen molar-refractivity contribution < 1.29 is 18.4 Å². The Labute approximate surface area is 102 Å². The Hall–Kier alpha value is -2.23. The lowest BCUT2D eigenvalue weighted by molar-refractivity contribution is 0.0804. The van der Waals surface area contributed by atoms with Crippen molar-refractivity contribution in [3.05, 3.63) is 59.3 Å². The SMILES string of the molecule is O=C(c1ccco1)C1Cc2c(F)cccc2C1=O. The predicted molar refractivity (Wildman–Crippen MR) is 61.0 cm³/mol. The fourth-order valence-corrected chi connectivity index (χ4v) is 2.28. The molecule has 0 fully saturated rings. The first-order valence-electron chi connectivity index (χ1n) is 5.58. The van der Waals surface area contributed by atoms with Crippen LogP contribution in [-0.2, 0) is 6.42 Å². The van der Waals surface area contributed by atoms with E-state index in [9.17, 15) is 14.0 Å². The number of furan rings is 1. The summed E-state index contributed by atoms with van der Waals surface area (Å²) < 4.78 is 18.5. The molecule has 3 nitrogen and oxygen atoms in total. The Balaban J connectivity index is 1.98. The van der Waals surface area contributed by atoms with Crippen LogP contribution in [0.3, 0.4) is 0 Å². The maximum Gasteiger partial charge on any atom is 0.209 e. The number of hydrogen-bond acceptors (Lipinski definition) is 3. The van der Waals surface area contributed by atoms with E-state index < -0.39 is 11.7 Å². The van der Waals surface area contributed by atoms with Crippen LogP contribution in [0.4, 0.5) is 4.39 Å². The smallest absolute Gasteiger partial charge is 0.209 e. The highest BCUT2D eigenvalue weighted by Gasteiger charge is 2.38. The molecule has 1 aromatic carbocycles. The van der Waals surface area contributed by atoms with Crippen LogP contribution < -0.4 is 0 Å². The van der Waals surface area contributed by atoms with E-state index in [4.69, 9.17) is 4.42 Å². The molecule has 0 aliphatic heterocycles. The van der Waals surface area contributed by atoms with Crippen molar-refractivity contribution in [2.24, 2.45) is 5.92 Å². The Morgan fingerprint density at radius 2 is 2.11 bits per heavy atom. The molecule has 2 aromatic rings. The van der Waals surface area contributed by atoms with E-state index in [0.29, 0.717) is 11.1 Å². The second-order valence-corrected chi connectivity index (χ2v) is 4.23. The zero-order valence-electron chi connectivity index (χ0n) is 9.35. The van der Waals surface area contributed by atoms with Gasteiger partial charge in [0, 0.05) is 5.56 Å². The largest absolute Gasteiger partial charge is 0.461 e. The van der Waals surface area contributed by atoms with Crippen LogP contribution >= 0.6 is 0 Å². The summed E-state index contributed by atoms with van der Waals surface area (Å²) in [4.78, 5) is 24.1. The van der Waals surface area contributed by atoms with Gasteiger partial charge in [-0.25, -0.2) is 4.39 Å². The molecule has 1 atom stereocenters. The molecular weight excluding hydrogens is 235 g/mol. The van der Waals surface area contributed by atoms with Crippen LogP contribution in [0.15, 0.2) is 41.0 Å². The molecule has 1 unspecified atom stereocenters. The molecule has 0 N–H and O–H groups in total. The molecule has 18 heavy (non-hydrogen) atoms. The number of benzene rings is 1. The first kappa shape index (κ1) is 10.9. The quantitative estimate of drug-likeness (QED) is 0.602. The summed E-state index contributed by atoms with van der Waals surface area (Å²) in [7, 11) is 0. The van der Waals surface area contributed by atoms with Gasteiger partial charge < -0.3 is 4.42 Å². The second kappa shape index (κ2) is 3.91. The van der Waals surface area contributed by atoms with Crippen LogP contribution in [0.5, 0.6) is 0 Å². The standard InChI is InChI=1S/C14H9FO3/c15-11-4-1-3-8-9(11)7-10(13(8)16)14(17)12-5-2-6-18-12/h1-6,10H,7H2. The summed E-state index contributed by atoms with van der Waals surface area (Å²) in [5.74, 6) is -1.87. The molecule has 90 valence electrons. The second-order valence-electron chi connectivity index (χ2n) is 4.23. The van der Waals surface area contributed by atoms with Gasteiger partial charge in [0.05, 0.1) is 12.2 Å². The number of carbonyl (C=O) groups excluding carboxylic acids is 2. The van der Waals surface area contributed by atoms with E-state index in [-0.39, 0.29) is 23.7 Å². The van der Waals surface area contributed by atoms with E-state index >= 15 is 0 Å². The summed E-state index contributed by atoms with van der Waals surface area (Å²) in [5.41, 5.74) is 0.632. The van der Waals surface area contributed by atoms with Gasteiger partial charge in [-0.05, 0) is 30.2 Å². The number of carbonyl (C=O) groups is 2. The van der Waals surface area contributed by atoms with Crippen LogP contribution in [0.25, 0.3) is 0 Å². The average molecular weight is 244 g/mol. The van der Waals surface area contributed by atoms with Crippen molar-refractivity contribution >= 4 is 11.6 Å². The third kappa shape index (κ3) is 1.49. The summed E-state index contributed by atoms with van der Waals surface area (Å²) >= 11 is 0. The highest BCUT2D eigenvalue weighted by molar-refractivity contribution is 6.17. The van der Waals surface area contributed by atoms with Crippen molar-refractivity contribution in [2.45, 2.75) is 6.42 Å². The topological polar surface area (TPSA) is 47.3 Å². The summed E-state index contributed by atoms with van der Waals surface area (Å²) in [6.07, 6.45) is 1.49. The number of hydrogen-bond donors (Lipinski definition) is 0. The zero-order valence-corrected chi connectivity index (χ0v) is 9.35. The van der Waals surface area contributed by atoms with E-state index in [1.807, 2.05) is 0 Å². The number of ketones is 2. The van der Waals surface area contributed by atoms with Crippen molar-refractivity contribution in [1.29, 1.82) is 0 Å². The molecule has 1 aliphatic carbocycles. The Morgan fingerprint density at radius 1 is 1.28 bits per heavy atom. The third-order valence-electron chi connectivity index (χ3n) is 3.19. The van der Waals surface area contributed by atoms with Gasteiger partial charge in [-0.1, -0.05) is 12.1 Å². The van der Waals surface area contributed by atoms with Gasteiger partial charge in [0.2, 0.25) is 5.78 Å². The minimum absolute atomic E-state index is 0.111. The van der Waals surface area contributed by atoms with Crippen LogP contribution in [0.2, 0.25) is 0 Å². The van der Waals surface area contributed by atoms with Gasteiger partial charge in [-0.15, -0.1) is 0 Å². The zero-order chi connectivity index (χ0) is 12.7. The van der Waals surface area contributed by atoms with Crippen molar-refractivity contribution in [3.8, 4) is 0 Å². The molecule has 3 rings (SSSR count). The van der Waals surface area contributed by atoms with Gasteiger partial charge in [0.1, 0.15) is 5.82 Å². The molecule has 0 saturated carbocycles. The lowest BCUT2D eigenvalue weighted by Gasteiger charge is -2.03. The Bertz CT molecular complexity index is 628. The van der Waals surface area contributed by atoms with E-state index in [1.165, 1.54) is 24.5 Å². The fraction of sp³-hybridized carbons (Fsp3) is 0.143. The van der Waals surface area contributed by atoms with Crippen LogP contribution in [0, 0.1) is 11.7 Å². The number of Topliss-reactive ketones (excluding diaryl/α,β-unsaturated/α-hetero) is 2. The maximum atomic E-state index is 13.6. The van der Waals surface area contributed by atoms with Crippen LogP contribution in [0.1, 0.15) is 26.5 Å². The number of halogens is 1. The van der Waals surface area contributed by atoms with Crippen molar-refractivity contribution in [1.82, 2.24) is 0 Å². The molecule has 0 amide bonds. The average Bonchev–Trinajstić information content (AvgIpc) is 2.98. The Morgan fingerprint density at radius 3 is 2.78 bits per heavy atom. The monoisotopic (exact) mass is 244 g/mol. The van der Waals surface area contributed by atoms with E-state index in [2.05, 4.69) is 0 Å². The summed E-state index contributed by atoms with van der Waals surface area (Å²) in [6.45, 7) is 0. The highest BCUT2D eigenvalue weighted by atomic mass is 19.1. The predicted octanol–water partition coefficient (Wildman–Crippen LogP) is 2.66. The van der Waals surface area contributed by atoms with Gasteiger partial charge in [-0.3, -0.25) is 9.59 Å². The normalized spacial score (nSPS) is 17.8. The van der Waals surface area contributed by atoms with Crippen molar-refractivity contribution in [2.75, 3.05) is 0 Å². The number of fused-ring (bicyclic) bond motifs is 1. The molecule has 0 spiro atoms. The molecule has 0 radical (unpaired) electrons. The first-order chi connectivity index (χ1) is 8.68. The molecule has 1 aromatic heterocycles. The Kier molecular flexibility index (Phi) is 2.37. The van der Waals surface area contributed by atoms with Gasteiger partial charge in [-0.2, -0.15) is 0 Å². The summed E-state index contributed by atoms with van der Waals surface area (Å²) in [6, 6.07) is 7.42. The van der Waals surface area contributed by atoms with Gasteiger partial charge >= 0.3 is 0 Å². The van der Waals surface area contributed by atoms with E-state index in [0.717, 1.165) is 0 Å². The van der Waals surface area contributed by atoms with E-state index in [1.54, 1.807) is 12.1 Å². The molecule has 0 saturated heterocycles. The minimum atomic E-state index is -0.858. The molecule has 1 aliphatic rings. The molecule has 1 heterocycles. The van der Waals surface area contributed by atoms with Gasteiger partial charge in [0.25, 0.3) is 0 Å². The minimum Gasteiger partial charge on any atom is -0.461 e. The maximum absolute atomic E-state index is 13.6. The van der Waals surface area contributed by atoms with Gasteiger partial charge in [0.15, 0.2) is 11.5 Å². The lowest BCUT2D eigenvalue weighted by Crippen LogP contribution is -2.20. The molecule has 0 bridgehead atoms. The van der Waals surface area contributed by atoms with Crippen molar-refractivity contribution in [3.63, 3.8) is 0 Å². The van der Waals surface area contributed by atoms with Crippen LogP contribution in [-0.4, -0.2) is 11.6 Å². The molecule has 4 heteroatoms. The first-order valence-corrected chi connectivity index (χ1v) is 5.58. The number of rotatable bonds is 2. The lowest BCUT2D eigenvalue weighted by atomic mass is 9.98. The third-order valence-corrected chi connectivity index (χ3v) is 3.19. The summed E-state index contributed by atoms with van der Waals surface area (Å²) in [5, 5.41) is 0. The molecular formula is C14H9FO3. The highest BCUT2D eigenvalue weighted by Crippen LogP contribution is 2.30.